The van der Waals surface area contributed by atoms with Gasteiger partial charge in [0, 0.05) is 25.0 Å². The van der Waals surface area contributed by atoms with Crippen LogP contribution in [0.15, 0.2) is 48.5 Å². The van der Waals surface area contributed by atoms with Crippen LogP contribution in [0, 0.1) is 0 Å². The molecule has 2 aliphatic rings. The fraction of sp³-hybridized carbons (Fsp3) is 0.424. The first-order chi connectivity index (χ1) is 22.8. The summed E-state index contributed by atoms with van der Waals surface area (Å²) in [6.45, 7) is 1.97. The lowest BCUT2D eigenvalue weighted by atomic mass is 10.0. The van der Waals surface area contributed by atoms with Gasteiger partial charge in [-0.3, -0.25) is 39.0 Å². The molecule has 1 fully saturated rings. The van der Waals surface area contributed by atoms with E-state index in [-0.39, 0.29) is 60.8 Å². The first kappa shape index (κ1) is 35.1. The van der Waals surface area contributed by atoms with Crippen molar-refractivity contribution in [1.82, 2.24) is 10.2 Å². The molecule has 2 aromatic carbocycles. The number of esters is 1. The zero-order valence-corrected chi connectivity index (χ0v) is 25.8. The van der Waals surface area contributed by atoms with Crippen LogP contribution in [0.1, 0.15) is 69.6 Å². The van der Waals surface area contributed by atoms with Crippen LogP contribution in [0.25, 0.3) is 0 Å². The first-order valence-corrected chi connectivity index (χ1v) is 15.4. The normalized spacial score (nSPS) is 15.7. The van der Waals surface area contributed by atoms with Crippen LogP contribution in [0.4, 0.5) is 5.69 Å². The molecule has 0 bridgehead atoms. The maximum atomic E-state index is 13.1. The SMILES string of the molecule is O=C1CCC(N2C(=O)c3cccc(NC(=O)CCCCCOCCOCCOCCOC(=O)C(=O)c4ccccc4)c3C2=O)C(=O)N1. The molecule has 0 saturated carbocycles. The van der Waals surface area contributed by atoms with E-state index < -0.39 is 41.4 Å². The Balaban J connectivity index is 1.01. The number of unbranched alkanes of at least 4 members (excludes halogenated alkanes) is 2. The van der Waals surface area contributed by atoms with Gasteiger partial charge in [0.2, 0.25) is 17.7 Å². The van der Waals surface area contributed by atoms with Crippen molar-refractivity contribution in [2.75, 3.05) is 51.6 Å². The van der Waals surface area contributed by atoms with E-state index in [2.05, 4.69) is 10.6 Å². The van der Waals surface area contributed by atoms with Crippen LogP contribution in [0.2, 0.25) is 0 Å². The smallest absolute Gasteiger partial charge is 0.379 e. The molecule has 1 saturated heterocycles. The van der Waals surface area contributed by atoms with Crippen molar-refractivity contribution in [2.24, 2.45) is 0 Å². The summed E-state index contributed by atoms with van der Waals surface area (Å²) in [6.07, 6.45) is 2.32. The highest BCUT2D eigenvalue weighted by atomic mass is 16.6. The number of ether oxygens (including phenoxy) is 4. The van der Waals surface area contributed by atoms with Gasteiger partial charge < -0.3 is 24.3 Å². The van der Waals surface area contributed by atoms with Crippen molar-refractivity contribution in [3.8, 4) is 0 Å². The summed E-state index contributed by atoms with van der Waals surface area (Å²) in [5, 5.41) is 4.87. The summed E-state index contributed by atoms with van der Waals surface area (Å²) in [7, 11) is 0. The average Bonchev–Trinajstić information content (AvgIpc) is 3.32. The molecule has 47 heavy (non-hydrogen) atoms. The summed E-state index contributed by atoms with van der Waals surface area (Å²) in [5.74, 6) is -4.41. The van der Waals surface area contributed by atoms with E-state index in [1.54, 1.807) is 36.4 Å². The summed E-state index contributed by atoms with van der Waals surface area (Å²) >= 11 is 0. The predicted octanol–water partition coefficient (Wildman–Crippen LogP) is 2.06. The molecular weight excluding hydrogens is 614 g/mol. The molecule has 2 aliphatic heterocycles. The number of nitrogens with zero attached hydrogens (tertiary/aromatic N) is 1. The zero-order valence-electron chi connectivity index (χ0n) is 25.8. The molecule has 250 valence electrons. The first-order valence-electron chi connectivity index (χ1n) is 15.4. The minimum Gasteiger partial charge on any atom is -0.457 e. The molecule has 2 N–H and O–H groups in total. The molecule has 4 rings (SSSR count). The summed E-state index contributed by atoms with van der Waals surface area (Å²) in [5.41, 5.74) is 0.609. The van der Waals surface area contributed by atoms with Crippen molar-refractivity contribution in [2.45, 2.75) is 44.6 Å². The number of fused-ring (bicyclic) bond motifs is 1. The lowest BCUT2D eigenvalue weighted by molar-refractivity contribution is -0.140. The fourth-order valence-electron chi connectivity index (χ4n) is 5.01. The van der Waals surface area contributed by atoms with Crippen molar-refractivity contribution < 1.29 is 52.5 Å². The number of piperidine rings is 1. The molecule has 1 atom stereocenters. The van der Waals surface area contributed by atoms with Crippen LogP contribution < -0.4 is 10.6 Å². The second kappa shape index (κ2) is 17.8. The Kier molecular flexibility index (Phi) is 13.3. The highest BCUT2D eigenvalue weighted by molar-refractivity contribution is 6.40. The second-order valence-corrected chi connectivity index (χ2v) is 10.7. The molecule has 2 aromatic rings. The molecule has 0 aromatic heterocycles. The Morgan fingerprint density at radius 2 is 1.45 bits per heavy atom. The Morgan fingerprint density at radius 3 is 2.15 bits per heavy atom. The van der Waals surface area contributed by atoms with Gasteiger partial charge in [-0.2, -0.15) is 0 Å². The maximum Gasteiger partial charge on any atom is 0.379 e. The quantitative estimate of drug-likeness (QED) is 0.0745. The number of hydrogen-bond acceptors (Lipinski definition) is 11. The third kappa shape index (κ3) is 9.85. The van der Waals surface area contributed by atoms with Gasteiger partial charge in [0.05, 0.1) is 49.8 Å². The van der Waals surface area contributed by atoms with Gasteiger partial charge in [-0.15, -0.1) is 0 Å². The molecule has 2 heterocycles. The monoisotopic (exact) mass is 651 g/mol. The Labute approximate surface area is 271 Å². The third-order valence-electron chi connectivity index (χ3n) is 7.36. The average molecular weight is 652 g/mol. The van der Waals surface area contributed by atoms with Crippen LogP contribution >= 0.6 is 0 Å². The number of nitrogens with one attached hydrogen (secondary N) is 2. The largest absolute Gasteiger partial charge is 0.457 e. The van der Waals surface area contributed by atoms with Crippen LogP contribution in [0.5, 0.6) is 0 Å². The number of hydrogen-bond donors (Lipinski definition) is 2. The number of carbonyl (C=O) groups is 7. The maximum absolute atomic E-state index is 13.1. The third-order valence-corrected chi connectivity index (χ3v) is 7.36. The van der Waals surface area contributed by atoms with E-state index in [9.17, 15) is 33.6 Å². The van der Waals surface area contributed by atoms with E-state index in [1.165, 1.54) is 12.1 Å². The van der Waals surface area contributed by atoms with Crippen molar-refractivity contribution >= 4 is 47.0 Å². The number of amides is 5. The number of benzene rings is 2. The van der Waals surface area contributed by atoms with Gasteiger partial charge in [0.25, 0.3) is 17.6 Å². The lowest BCUT2D eigenvalue weighted by Gasteiger charge is -2.27. The number of Topliss-reactive ketones (excluding diaryl/α,β-unsaturated/α-hetero) is 1. The van der Waals surface area contributed by atoms with Gasteiger partial charge in [-0.1, -0.05) is 42.8 Å². The summed E-state index contributed by atoms with van der Waals surface area (Å²) < 4.78 is 21.2. The van der Waals surface area contributed by atoms with Crippen LogP contribution in [-0.4, -0.2) is 98.5 Å². The molecule has 14 nitrogen and oxygen atoms in total. The van der Waals surface area contributed by atoms with Crippen LogP contribution in [0.3, 0.4) is 0 Å². The highest BCUT2D eigenvalue weighted by Crippen LogP contribution is 2.32. The summed E-state index contributed by atoms with van der Waals surface area (Å²) in [4.78, 5) is 87.0. The van der Waals surface area contributed by atoms with Gasteiger partial charge in [0.15, 0.2) is 0 Å². The van der Waals surface area contributed by atoms with Crippen molar-refractivity contribution in [1.29, 1.82) is 0 Å². The topological polar surface area (TPSA) is 184 Å². The molecule has 0 radical (unpaired) electrons. The van der Waals surface area contributed by atoms with E-state index in [0.717, 1.165) is 17.7 Å². The Hall–Kier alpha value is -4.79. The predicted molar refractivity (Wildman–Crippen MR) is 164 cm³/mol. The van der Waals surface area contributed by atoms with Gasteiger partial charge in [-0.05, 0) is 31.4 Å². The second-order valence-electron chi connectivity index (χ2n) is 10.7. The van der Waals surface area contributed by atoms with E-state index in [4.69, 9.17) is 18.9 Å². The molecule has 0 spiro atoms. The Bertz CT molecular complexity index is 1480. The number of anilines is 1. The lowest BCUT2D eigenvalue weighted by Crippen LogP contribution is -2.54. The summed E-state index contributed by atoms with van der Waals surface area (Å²) in [6, 6.07) is 11.6. The van der Waals surface area contributed by atoms with E-state index in [0.29, 0.717) is 39.5 Å². The van der Waals surface area contributed by atoms with E-state index in [1.807, 2.05) is 0 Å². The fourth-order valence-corrected chi connectivity index (χ4v) is 5.01. The number of ketones is 1. The highest BCUT2D eigenvalue weighted by Gasteiger charge is 2.45. The van der Waals surface area contributed by atoms with Crippen molar-refractivity contribution in [3.63, 3.8) is 0 Å². The van der Waals surface area contributed by atoms with Gasteiger partial charge >= 0.3 is 5.97 Å². The zero-order chi connectivity index (χ0) is 33.6. The van der Waals surface area contributed by atoms with Crippen molar-refractivity contribution in [3.05, 3.63) is 65.2 Å². The minimum absolute atomic E-state index is 0.0204. The molecule has 0 aliphatic carbocycles. The van der Waals surface area contributed by atoms with Crippen LogP contribution in [-0.2, 0) is 38.1 Å². The van der Waals surface area contributed by atoms with Gasteiger partial charge in [-0.25, -0.2) is 4.79 Å². The minimum atomic E-state index is -1.08. The standard InChI is InChI=1S/C33H37N3O11/c37-26(34-24-11-7-10-23-28(24)32(42)36(31(23)41)25-13-14-27(38)35-30(25)40)12-5-2-6-15-44-16-17-45-18-19-46-20-21-47-33(43)29(39)22-8-3-1-4-9-22/h1,3-4,7-11,25H,2,5-6,12-21H2,(H,34,37)(H,35,38,40). The molecule has 1 unspecified atom stereocenters. The Morgan fingerprint density at radius 1 is 0.766 bits per heavy atom. The number of rotatable bonds is 19. The molecule has 5 amide bonds. The molecular formula is C33H37N3O11. The van der Waals surface area contributed by atoms with E-state index >= 15 is 0 Å². The number of imide groups is 2. The molecule has 14 heteroatoms. The number of carbonyl (C=O) groups excluding carboxylic acids is 7. The van der Waals surface area contributed by atoms with Gasteiger partial charge in [0.1, 0.15) is 12.6 Å².